The average Bonchev–Trinajstić information content (AvgIpc) is 2.36. The van der Waals surface area contributed by atoms with Crippen LogP contribution in [0.3, 0.4) is 0 Å². The molecule has 1 rings (SSSR count). The molecular formula is C15H33NO. The highest BCUT2D eigenvalue weighted by Gasteiger charge is 2.45. The summed E-state index contributed by atoms with van der Waals surface area (Å²) in [6.45, 7) is 9.71. The van der Waals surface area contributed by atoms with E-state index in [4.69, 9.17) is 0 Å². The van der Waals surface area contributed by atoms with Gasteiger partial charge in [0.15, 0.2) is 0 Å². The van der Waals surface area contributed by atoms with Crippen LogP contribution in [-0.2, 0) is 0 Å². The summed E-state index contributed by atoms with van der Waals surface area (Å²) in [5, 5.41) is 0. The molecule has 2 heteroatoms. The largest absolute Gasteiger partial charge is 0.870 e. The third-order valence-electron chi connectivity index (χ3n) is 5.32. The molecule has 0 amide bonds. The highest BCUT2D eigenvalue weighted by atomic mass is 16.0. The fourth-order valence-electron chi connectivity index (χ4n) is 3.67. The standard InChI is InChI=1S/C15H32N.H2O/c1-5-8-12-15(13-10-9-11-14-15)16(4,6-2)7-3;/h5-14H2,1-4H3;1H2/q+1;/p-1. The molecule has 0 aromatic carbocycles. The van der Waals surface area contributed by atoms with E-state index in [9.17, 15) is 0 Å². The van der Waals surface area contributed by atoms with Gasteiger partial charge in [-0.15, -0.1) is 0 Å². The Labute approximate surface area is 108 Å². The zero-order chi connectivity index (χ0) is 12.1. The van der Waals surface area contributed by atoms with Gasteiger partial charge in [0.1, 0.15) is 0 Å². The highest BCUT2D eigenvalue weighted by molar-refractivity contribution is 4.85. The van der Waals surface area contributed by atoms with Gasteiger partial charge in [-0.25, -0.2) is 0 Å². The molecule has 0 spiro atoms. The Kier molecular flexibility index (Phi) is 7.34. The molecule has 0 aliphatic heterocycles. The Balaban J connectivity index is 0.00000256. The summed E-state index contributed by atoms with van der Waals surface area (Å²) in [4.78, 5) is 0. The maximum atomic E-state index is 2.50. The lowest BCUT2D eigenvalue weighted by atomic mass is 9.75. The number of hydrogen-bond acceptors (Lipinski definition) is 1. The first kappa shape index (κ1) is 16.9. The maximum Gasteiger partial charge on any atom is 0.0990 e. The summed E-state index contributed by atoms with van der Waals surface area (Å²) in [6, 6.07) is 0. The van der Waals surface area contributed by atoms with Gasteiger partial charge in [0, 0.05) is 19.3 Å². The monoisotopic (exact) mass is 243 g/mol. The third-order valence-corrected chi connectivity index (χ3v) is 5.32. The minimum Gasteiger partial charge on any atom is -0.870 e. The molecule has 1 aliphatic carbocycles. The van der Waals surface area contributed by atoms with E-state index in [0.29, 0.717) is 5.54 Å². The molecule has 0 aromatic rings. The summed E-state index contributed by atoms with van der Waals surface area (Å²) in [6.07, 6.45) is 11.6. The van der Waals surface area contributed by atoms with Gasteiger partial charge in [-0.2, -0.15) is 0 Å². The Bertz CT molecular complexity index is 193. The zero-order valence-electron chi connectivity index (χ0n) is 12.5. The minimum atomic E-state index is 0. The summed E-state index contributed by atoms with van der Waals surface area (Å²) < 4.78 is 1.31. The van der Waals surface area contributed by atoms with Crippen LogP contribution in [0.15, 0.2) is 0 Å². The van der Waals surface area contributed by atoms with Crippen molar-refractivity contribution in [2.45, 2.75) is 77.7 Å². The maximum absolute atomic E-state index is 2.50. The Morgan fingerprint density at radius 3 is 1.88 bits per heavy atom. The molecule has 0 saturated heterocycles. The van der Waals surface area contributed by atoms with Gasteiger partial charge < -0.3 is 9.96 Å². The summed E-state index contributed by atoms with van der Waals surface area (Å²) in [5.74, 6) is 0. The van der Waals surface area contributed by atoms with Crippen molar-refractivity contribution < 1.29 is 9.96 Å². The van der Waals surface area contributed by atoms with Gasteiger partial charge >= 0.3 is 0 Å². The summed E-state index contributed by atoms with van der Waals surface area (Å²) in [5.41, 5.74) is 0.623. The van der Waals surface area contributed by atoms with E-state index in [1.807, 2.05) is 0 Å². The number of nitrogens with zero attached hydrogens (tertiary/aromatic N) is 1. The lowest BCUT2D eigenvalue weighted by molar-refractivity contribution is -0.958. The first-order chi connectivity index (χ1) is 7.64. The Morgan fingerprint density at radius 1 is 0.941 bits per heavy atom. The van der Waals surface area contributed by atoms with Crippen LogP contribution in [0.4, 0.5) is 0 Å². The van der Waals surface area contributed by atoms with Gasteiger partial charge in [0.05, 0.1) is 25.7 Å². The normalized spacial score (nSPS) is 19.8. The van der Waals surface area contributed by atoms with Gasteiger partial charge in [-0.1, -0.05) is 19.8 Å². The van der Waals surface area contributed by atoms with E-state index in [0.717, 1.165) is 0 Å². The van der Waals surface area contributed by atoms with E-state index in [1.54, 1.807) is 0 Å². The Hall–Kier alpha value is -0.0800. The predicted octanol–water partition coefficient (Wildman–Crippen LogP) is 4.19. The Morgan fingerprint density at radius 2 is 1.47 bits per heavy atom. The van der Waals surface area contributed by atoms with Crippen molar-refractivity contribution in [1.29, 1.82) is 0 Å². The predicted molar refractivity (Wildman–Crippen MR) is 74.5 cm³/mol. The van der Waals surface area contributed by atoms with Gasteiger partial charge in [0.2, 0.25) is 0 Å². The van der Waals surface area contributed by atoms with Gasteiger partial charge in [-0.3, -0.25) is 0 Å². The fraction of sp³-hybridized carbons (Fsp3) is 1.00. The molecule has 1 saturated carbocycles. The van der Waals surface area contributed by atoms with Crippen LogP contribution in [-0.4, -0.2) is 35.6 Å². The number of unbranched alkanes of at least 4 members (excludes halogenated alkanes) is 1. The molecule has 0 aromatic heterocycles. The second-order valence-corrected chi connectivity index (χ2v) is 5.92. The lowest BCUT2D eigenvalue weighted by Gasteiger charge is -2.53. The van der Waals surface area contributed by atoms with Crippen molar-refractivity contribution in [3.05, 3.63) is 0 Å². The van der Waals surface area contributed by atoms with Crippen LogP contribution < -0.4 is 0 Å². The minimum absolute atomic E-state index is 0. The first-order valence-electron chi connectivity index (χ1n) is 7.49. The van der Waals surface area contributed by atoms with Crippen molar-refractivity contribution >= 4 is 0 Å². The summed E-state index contributed by atoms with van der Waals surface area (Å²) in [7, 11) is 2.50. The van der Waals surface area contributed by atoms with Crippen LogP contribution in [0.2, 0.25) is 0 Å². The molecule has 0 radical (unpaired) electrons. The number of rotatable bonds is 6. The third kappa shape index (κ3) is 3.45. The molecule has 0 bridgehead atoms. The van der Waals surface area contributed by atoms with E-state index >= 15 is 0 Å². The fourth-order valence-corrected chi connectivity index (χ4v) is 3.67. The van der Waals surface area contributed by atoms with Crippen LogP contribution >= 0.6 is 0 Å². The van der Waals surface area contributed by atoms with Crippen LogP contribution in [0.5, 0.6) is 0 Å². The van der Waals surface area contributed by atoms with Crippen molar-refractivity contribution in [2.24, 2.45) is 0 Å². The van der Waals surface area contributed by atoms with Crippen LogP contribution in [0, 0.1) is 0 Å². The van der Waals surface area contributed by atoms with E-state index < -0.39 is 0 Å². The van der Waals surface area contributed by atoms with Crippen molar-refractivity contribution in [3.8, 4) is 0 Å². The SMILES string of the molecule is CCCCC1([N+](C)(CC)CC)CCCCC1.[OH-]. The van der Waals surface area contributed by atoms with Crippen LogP contribution in [0.25, 0.3) is 0 Å². The molecule has 0 unspecified atom stereocenters. The number of quaternary nitrogens is 1. The van der Waals surface area contributed by atoms with Crippen molar-refractivity contribution in [3.63, 3.8) is 0 Å². The second-order valence-electron chi connectivity index (χ2n) is 5.92. The second kappa shape index (κ2) is 7.38. The van der Waals surface area contributed by atoms with Crippen molar-refractivity contribution in [2.75, 3.05) is 20.1 Å². The topological polar surface area (TPSA) is 30.0 Å². The zero-order valence-corrected chi connectivity index (χ0v) is 12.5. The molecule has 0 atom stereocenters. The molecule has 1 N–H and O–H groups in total. The molecule has 1 fully saturated rings. The highest BCUT2D eigenvalue weighted by Crippen LogP contribution is 2.41. The quantitative estimate of drug-likeness (QED) is 0.643. The van der Waals surface area contributed by atoms with Gasteiger partial charge in [0.25, 0.3) is 0 Å². The molecular weight excluding hydrogens is 210 g/mol. The number of hydrogen-bond donors (Lipinski definition) is 0. The van der Waals surface area contributed by atoms with E-state index in [1.165, 1.54) is 68.9 Å². The van der Waals surface area contributed by atoms with E-state index in [2.05, 4.69) is 27.8 Å². The first-order valence-corrected chi connectivity index (χ1v) is 7.49. The molecule has 1 aliphatic rings. The molecule has 0 heterocycles. The molecule has 2 nitrogen and oxygen atoms in total. The van der Waals surface area contributed by atoms with Crippen molar-refractivity contribution in [1.82, 2.24) is 0 Å². The smallest absolute Gasteiger partial charge is 0.0990 e. The van der Waals surface area contributed by atoms with E-state index in [-0.39, 0.29) is 5.48 Å². The average molecular weight is 243 g/mol. The lowest BCUT2D eigenvalue weighted by Crippen LogP contribution is -2.62. The molecule has 17 heavy (non-hydrogen) atoms. The van der Waals surface area contributed by atoms with Gasteiger partial charge in [-0.05, 0) is 33.1 Å². The molecule has 104 valence electrons. The van der Waals surface area contributed by atoms with Crippen LogP contribution in [0.1, 0.15) is 72.1 Å². The summed E-state index contributed by atoms with van der Waals surface area (Å²) >= 11 is 0.